The van der Waals surface area contributed by atoms with Crippen LogP contribution in [0.15, 0.2) is 27.7 Å². The summed E-state index contributed by atoms with van der Waals surface area (Å²) in [7, 11) is 1.73. The lowest BCUT2D eigenvalue weighted by atomic mass is 10.1. The molecule has 0 radical (unpaired) electrons. The number of rotatable bonds is 5. The molecule has 2 N–H and O–H groups in total. The molecular weight excluding hydrogens is 462 g/mol. The van der Waals surface area contributed by atoms with Gasteiger partial charge in [-0.05, 0) is 38.0 Å². The van der Waals surface area contributed by atoms with Crippen LogP contribution in [0.1, 0.15) is 22.6 Å². The second kappa shape index (κ2) is 10.1. The molecular formula is C16H21Cl2IN4O. The molecule has 5 nitrogen and oxygen atoms in total. The van der Waals surface area contributed by atoms with Crippen LogP contribution in [-0.2, 0) is 13.0 Å². The first-order valence-corrected chi connectivity index (χ1v) is 8.07. The minimum Gasteiger partial charge on any atom is -0.361 e. The molecule has 0 saturated heterocycles. The summed E-state index contributed by atoms with van der Waals surface area (Å²) >= 11 is 12.1. The summed E-state index contributed by atoms with van der Waals surface area (Å²) < 4.78 is 5.16. The van der Waals surface area contributed by atoms with E-state index in [-0.39, 0.29) is 24.0 Å². The minimum absolute atomic E-state index is 0. The van der Waals surface area contributed by atoms with Gasteiger partial charge in [0.1, 0.15) is 5.76 Å². The first kappa shape index (κ1) is 21.1. The summed E-state index contributed by atoms with van der Waals surface area (Å²) in [5, 5.41) is 11.7. The van der Waals surface area contributed by atoms with E-state index in [1.165, 1.54) is 0 Å². The van der Waals surface area contributed by atoms with E-state index in [1.807, 2.05) is 26.0 Å². The Labute approximate surface area is 169 Å². The molecule has 0 aliphatic rings. The largest absolute Gasteiger partial charge is 0.361 e. The normalized spacial score (nSPS) is 11.1. The topological polar surface area (TPSA) is 62.5 Å². The summed E-state index contributed by atoms with van der Waals surface area (Å²) in [5.74, 6) is 1.57. The third kappa shape index (κ3) is 5.82. The molecule has 2 aromatic rings. The van der Waals surface area contributed by atoms with Crippen LogP contribution in [-0.4, -0.2) is 24.7 Å². The fourth-order valence-electron chi connectivity index (χ4n) is 2.23. The Morgan fingerprint density at radius 3 is 2.58 bits per heavy atom. The van der Waals surface area contributed by atoms with Crippen LogP contribution in [0.4, 0.5) is 0 Å². The number of aryl methyl sites for hydroxylation is 2. The number of benzene rings is 1. The predicted molar refractivity (Wildman–Crippen MR) is 110 cm³/mol. The number of hydrogen-bond acceptors (Lipinski definition) is 3. The third-order valence-electron chi connectivity index (χ3n) is 3.53. The van der Waals surface area contributed by atoms with Crippen molar-refractivity contribution in [3.8, 4) is 0 Å². The van der Waals surface area contributed by atoms with Crippen LogP contribution < -0.4 is 10.6 Å². The van der Waals surface area contributed by atoms with E-state index in [1.54, 1.807) is 13.1 Å². The van der Waals surface area contributed by atoms with Crippen molar-refractivity contribution in [2.45, 2.75) is 26.8 Å². The molecule has 0 fully saturated rings. The van der Waals surface area contributed by atoms with Gasteiger partial charge < -0.3 is 15.2 Å². The Morgan fingerprint density at radius 1 is 1.25 bits per heavy atom. The van der Waals surface area contributed by atoms with Gasteiger partial charge in [-0.3, -0.25) is 4.99 Å². The zero-order valence-corrected chi connectivity index (χ0v) is 17.7. The molecule has 0 amide bonds. The Bertz CT molecular complexity index is 684. The van der Waals surface area contributed by atoms with Crippen molar-refractivity contribution in [3.05, 3.63) is 50.8 Å². The standard InChI is InChI=1S/C16H20Cl2N4O.HI/c1-10-14(11(2)23-22-10)6-7-20-16(19-3)21-9-12-4-5-13(17)8-15(12)18;/h4-5,8H,6-7,9H2,1-3H3,(H2,19,20,21);1H. The van der Waals surface area contributed by atoms with Gasteiger partial charge in [-0.2, -0.15) is 0 Å². The van der Waals surface area contributed by atoms with Gasteiger partial charge in [0.2, 0.25) is 0 Å². The number of halogens is 3. The van der Waals surface area contributed by atoms with E-state index in [2.05, 4.69) is 20.8 Å². The van der Waals surface area contributed by atoms with E-state index in [0.717, 1.165) is 35.5 Å². The maximum absolute atomic E-state index is 6.16. The van der Waals surface area contributed by atoms with E-state index in [9.17, 15) is 0 Å². The number of aromatic nitrogens is 1. The van der Waals surface area contributed by atoms with E-state index in [0.29, 0.717) is 22.5 Å². The van der Waals surface area contributed by atoms with Gasteiger partial charge in [-0.1, -0.05) is 34.4 Å². The Morgan fingerprint density at radius 2 is 2.00 bits per heavy atom. The van der Waals surface area contributed by atoms with Crippen molar-refractivity contribution >= 4 is 53.1 Å². The van der Waals surface area contributed by atoms with Crippen molar-refractivity contribution < 1.29 is 4.52 Å². The molecule has 132 valence electrons. The average Bonchev–Trinajstić information content (AvgIpc) is 2.83. The zero-order chi connectivity index (χ0) is 16.8. The first-order valence-electron chi connectivity index (χ1n) is 7.31. The molecule has 24 heavy (non-hydrogen) atoms. The lowest BCUT2D eigenvalue weighted by Crippen LogP contribution is -2.38. The number of nitrogens with zero attached hydrogens (tertiary/aromatic N) is 2. The number of aliphatic imine (C=N–C) groups is 1. The monoisotopic (exact) mass is 482 g/mol. The van der Waals surface area contributed by atoms with Gasteiger partial charge in [-0.15, -0.1) is 24.0 Å². The van der Waals surface area contributed by atoms with Gasteiger partial charge in [0.25, 0.3) is 0 Å². The van der Waals surface area contributed by atoms with Crippen molar-refractivity contribution in [2.24, 2.45) is 4.99 Å². The number of nitrogens with one attached hydrogen (secondary N) is 2. The quantitative estimate of drug-likeness (QED) is 0.382. The number of hydrogen-bond donors (Lipinski definition) is 2. The molecule has 0 aliphatic carbocycles. The lowest BCUT2D eigenvalue weighted by molar-refractivity contribution is 0.392. The van der Waals surface area contributed by atoms with Gasteiger partial charge >= 0.3 is 0 Å². The molecule has 1 heterocycles. The Hall–Kier alpha value is -0.990. The maximum Gasteiger partial charge on any atom is 0.191 e. The summed E-state index contributed by atoms with van der Waals surface area (Å²) in [4.78, 5) is 4.20. The smallest absolute Gasteiger partial charge is 0.191 e. The molecule has 0 aliphatic heterocycles. The van der Waals surface area contributed by atoms with Crippen molar-refractivity contribution in [2.75, 3.05) is 13.6 Å². The van der Waals surface area contributed by atoms with Gasteiger partial charge in [0, 0.05) is 35.7 Å². The highest BCUT2D eigenvalue weighted by Crippen LogP contribution is 2.20. The molecule has 0 saturated carbocycles. The summed E-state index contributed by atoms with van der Waals surface area (Å²) in [6.07, 6.45) is 0.823. The fourth-order valence-corrected chi connectivity index (χ4v) is 2.70. The second-order valence-electron chi connectivity index (χ2n) is 5.14. The molecule has 0 spiro atoms. The second-order valence-corrected chi connectivity index (χ2v) is 5.98. The Balaban J connectivity index is 0.00000288. The fraction of sp³-hybridized carbons (Fsp3) is 0.375. The van der Waals surface area contributed by atoms with E-state index < -0.39 is 0 Å². The van der Waals surface area contributed by atoms with Crippen molar-refractivity contribution in [1.82, 2.24) is 15.8 Å². The number of guanidine groups is 1. The summed E-state index contributed by atoms with van der Waals surface area (Å²) in [6.45, 7) is 5.17. The maximum atomic E-state index is 6.16. The third-order valence-corrected chi connectivity index (χ3v) is 4.12. The van der Waals surface area contributed by atoms with Gasteiger partial charge in [-0.25, -0.2) is 0 Å². The SMILES string of the molecule is CN=C(NCCc1c(C)noc1C)NCc1ccc(Cl)cc1Cl.I. The van der Waals surface area contributed by atoms with Crippen LogP contribution in [0.25, 0.3) is 0 Å². The Kier molecular flexibility index (Phi) is 8.86. The molecule has 1 aromatic heterocycles. The highest BCUT2D eigenvalue weighted by molar-refractivity contribution is 14.0. The average molecular weight is 483 g/mol. The van der Waals surface area contributed by atoms with Crippen molar-refractivity contribution in [1.29, 1.82) is 0 Å². The van der Waals surface area contributed by atoms with Crippen molar-refractivity contribution in [3.63, 3.8) is 0 Å². The lowest BCUT2D eigenvalue weighted by Gasteiger charge is -2.12. The molecule has 2 rings (SSSR count). The molecule has 1 aromatic carbocycles. The molecule has 0 atom stereocenters. The zero-order valence-electron chi connectivity index (χ0n) is 13.8. The van der Waals surface area contributed by atoms with E-state index in [4.69, 9.17) is 27.7 Å². The molecule has 8 heteroatoms. The predicted octanol–water partition coefficient (Wildman–Crippen LogP) is 4.12. The highest BCUT2D eigenvalue weighted by Gasteiger charge is 2.09. The van der Waals surface area contributed by atoms with Crippen LogP contribution in [0.3, 0.4) is 0 Å². The van der Waals surface area contributed by atoms with Crippen LogP contribution in [0.5, 0.6) is 0 Å². The molecule has 0 bridgehead atoms. The van der Waals surface area contributed by atoms with Gasteiger partial charge in [0.05, 0.1) is 5.69 Å². The summed E-state index contributed by atoms with van der Waals surface area (Å²) in [6, 6.07) is 5.45. The van der Waals surface area contributed by atoms with E-state index >= 15 is 0 Å². The van der Waals surface area contributed by atoms with Crippen LogP contribution in [0, 0.1) is 13.8 Å². The minimum atomic E-state index is 0. The summed E-state index contributed by atoms with van der Waals surface area (Å²) in [5.41, 5.74) is 3.03. The van der Waals surface area contributed by atoms with Crippen LogP contribution >= 0.6 is 47.2 Å². The van der Waals surface area contributed by atoms with Gasteiger partial charge in [0.15, 0.2) is 5.96 Å². The molecule has 0 unspecified atom stereocenters. The van der Waals surface area contributed by atoms with Crippen LogP contribution in [0.2, 0.25) is 10.0 Å². The highest BCUT2D eigenvalue weighted by atomic mass is 127. The first-order chi connectivity index (χ1) is 11.0.